The van der Waals surface area contributed by atoms with Crippen molar-refractivity contribution < 1.29 is 36.2 Å². The molecule has 5 aliphatic rings. The van der Waals surface area contributed by atoms with E-state index in [9.17, 15) is 22.7 Å². The van der Waals surface area contributed by atoms with Crippen molar-refractivity contribution in [2.75, 3.05) is 44.2 Å². The van der Waals surface area contributed by atoms with Crippen LogP contribution >= 0.6 is 0 Å². The second-order valence-corrected chi connectivity index (χ2v) is 17.2. The fourth-order valence-corrected chi connectivity index (χ4v) is 11.3. The van der Waals surface area contributed by atoms with Gasteiger partial charge >= 0.3 is 12.2 Å². The summed E-state index contributed by atoms with van der Waals surface area (Å²) < 4.78 is 97.7. The van der Waals surface area contributed by atoms with Crippen LogP contribution in [0, 0.1) is 35.8 Å². The lowest BCUT2D eigenvalue weighted by Gasteiger charge is -2.43. The number of phenolic OH excluding ortho intramolecular Hbond substituents is 1. The van der Waals surface area contributed by atoms with Gasteiger partial charge in [0, 0.05) is 74.3 Å². The summed E-state index contributed by atoms with van der Waals surface area (Å²) in [6.45, 7) is 2.57. The minimum atomic E-state index is -4.23. The zero-order valence-corrected chi connectivity index (χ0v) is 32.0. The number of phenols is 1. The van der Waals surface area contributed by atoms with E-state index in [0.29, 0.717) is 67.4 Å². The quantitative estimate of drug-likeness (QED) is 0.132. The highest BCUT2D eigenvalue weighted by Crippen LogP contribution is 2.48. The normalized spacial score (nSPS) is 27.7. The van der Waals surface area contributed by atoms with Gasteiger partial charge in [0.1, 0.15) is 41.2 Å². The Morgan fingerprint density at radius 1 is 1.00 bits per heavy atom. The number of hydrogen-bond acceptors (Lipinski definition) is 8. The Labute approximate surface area is 330 Å². The molecule has 0 radical (unpaired) electrons. The van der Waals surface area contributed by atoms with Gasteiger partial charge in [0.25, 0.3) is 0 Å². The summed E-state index contributed by atoms with van der Waals surface area (Å²) in [5, 5.41) is 17.1. The monoisotopic (exact) mass is 803 g/mol. The van der Waals surface area contributed by atoms with Gasteiger partial charge in [0.05, 0.1) is 22.4 Å². The van der Waals surface area contributed by atoms with Gasteiger partial charge in [-0.1, -0.05) is 18.4 Å². The lowest BCUT2D eigenvalue weighted by molar-refractivity contribution is -0.184. The van der Waals surface area contributed by atoms with Crippen LogP contribution < -0.4 is 9.64 Å². The number of halogens is 6. The number of nitrogens with zero attached hydrogens (tertiary/aromatic N) is 7. The highest BCUT2D eigenvalue weighted by atomic mass is 19.4. The lowest BCUT2D eigenvalue weighted by atomic mass is 9.91. The molecule has 2 aromatic heterocycles. The Morgan fingerprint density at radius 2 is 1.79 bits per heavy atom. The molecule has 58 heavy (non-hydrogen) atoms. The van der Waals surface area contributed by atoms with Crippen molar-refractivity contribution in [1.82, 2.24) is 29.5 Å². The zero-order chi connectivity index (χ0) is 40.2. The molecule has 0 spiro atoms. The molecule has 1 aliphatic carbocycles. The van der Waals surface area contributed by atoms with E-state index in [1.807, 2.05) is 0 Å². The van der Waals surface area contributed by atoms with Gasteiger partial charge in [0.15, 0.2) is 5.82 Å². The molecule has 4 saturated heterocycles. The molecular formula is C43H43F6N7O2. The third-order valence-electron chi connectivity index (χ3n) is 13.7. The average Bonchev–Trinajstić information content (AvgIpc) is 3.99. The van der Waals surface area contributed by atoms with Crippen LogP contribution in [-0.2, 0) is 7.05 Å². The molecule has 9 nitrogen and oxygen atoms in total. The molecule has 5 fully saturated rings. The molecule has 3 aromatic carbocycles. The standard InChI is InChI=1S/C43H43F6N7O2/c1-3-29-33(45)11-8-23-14-28(57)15-30(34(23)29)35-37(46)39-36(31-21-53(2)52-38(31)35)40(51-41(50-39)58-22-42-12-5-13-55(42)18-25(44)16-42)56-26-9-10-27(56)20-54(19-26)17-24-6-4-7-32(24)43(47,48)49/h1,8,11,14-15,21,24-27,32,57H,4-7,9-10,12-13,16-20,22H2,2H3/t24?,25-,26-,27+,32?,42+/m1/s1. The van der Waals surface area contributed by atoms with Gasteiger partial charge in [-0.25, -0.2) is 13.2 Å². The first-order valence-corrected chi connectivity index (χ1v) is 20.2. The molecular weight excluding hydrogens is 761 g/mol. The molecule has 5 aromatic rings. The largest absolute Gasteiger partial charge is 0.508 e. The summed E-state index contributed by atoms with van der Waals surface area (Å²) in [6, 6.07) is 5.10. The first kappa shape index (κ1) is 37.5. The third kappa shape index (κ3) is 5.95. The number of alkyl halides is 4. The molecule has 2 unspecified atom stereocenters. The summed E-state index contributed by atoms with van der Waals surface area (Å²) in [5.74, 6) is -0.597. The second kappa shape index (κ2) is 13.6. The van der Waals surface area contributed by atoms with E-state index in [1.165, 1.54) is 24.3 Å². The number of piperazine rings is 1. The average molecular weight is 804 g/mol. The molecule has 15 heteroatoms. The number of hydrogen-bond donors (Lipinski definition) is 1. The third-order valence-corrected chi connectivity index (χ3v) is 13.7. The number of aromatic hydroxyl groups is 1. The summed E-state index contributed by atoms with van der Waals surface area (Å²) >= 11 is 0. The maximum atomic E-state index is 17.9. The predicted octanol–water partition coefficient (Wildman–Crippen LogP) is 7.89. The van der Waals surface area contributed by atoms with E-state index < -0.39 is 41.4 Å². The summed E-state index contributed by atoms with van der Waals surface area (Å²) in [6.07, 6.45) is 7.09. The minimum Gasteiger partial charge on any atom is -0.508 e. The highest BCUT2D eigenvalue weighted by molar-refractivity contribution is 6.18. The van der Waals surface area contributed by atoms with Gasteiger partial charge in [-0.15, -0.1) is 6.42 Å². The number of aryl methyl sites for hydroxylation is 1. The van der Waals surface area contributed by atoms with Crippen LogP contribution in [0.3, 0.4) is 0 Å². The van der Waals surface area contributed by atoms with Crippen molar-refractivity contribution in [3.05, 3.63) is 47.7 Å². The molecule has 6 atom stereocenters. The fourth-order valence-electron chi connectivity index (χ4n) is 11.3. The highest BCUT2D eigenvalue weighted by Gasteiger charge is 2.51. The van der Waals surface area contributed by atoms with Crippen LogP contribution in [0.15, 0.2) is 30.5 Å². The number of likely N-dealkylation sites (tertiary alicyclic amines) is 1. The van der Waals surface area contributed by atoms with Gasteiger partial charge in [0.2, 0.25) is 0 Å². The maximum Gasteiger partial charge on any atom is 0.392 e. The van der Waals surface area contributed by atoms with E-state index in [0.717, 1.165) is 32.2 Å². The van der Waals surface area contributed by atoms with Crippen molar-refractivity contribution in [2.45, 2.75) is 81.3 Å². The topological polar surface area (TPSA) is 82.8 Å². The van der Waals surface area contributed by atoms with Crippen molar-refractivity contribution in [3.8, 4) is 35.2 Å². The molecule has 4 aliphatic heterocycles. The number of rotatable bonds is 7. The predicted molar refractivity (Wildman–Crippen MR) is 207 cm³/mol. The molecule has 6 heterocycles. The zero-order valence-electron chi connectivity index (χ0n) is 32.0. The number of anilines is 1. The molecule has 1 saturated carbocycles. The summed E-state index contributed by atoms with van der Waals surface area (Å²) in [4.78, 5) is 16.2. The minimum absolute atomic E-state index is 0.0399. The van der Waals surface area contributed by atoms with E-state index in [1.54, 1.807) is 17.9 Å². The lowest BCUT2D eigenvalue weighted by Crippen LogP contribution is -2.55. The Bertz CT molecular complexity index is 2510. The first-order valence-electron chi connectivity index (χ1n) is 20.2. The Kier molecular flexibility index (Phi) is 8.80. The van der Waals surface area contributed by atoms with Crippen LogP contribution in [-0.4, -0.2) is 104 Å². The molecule has 304 valence electrons. The fraction of sp³-hybridized carbons (Fsp3) is 0.512. The summed E-state index contributed by atoms with van der Waals surface area (Å²) in [7, 11) is 1.70. The van der Waals surface area contributed by atoms with Crippen LogP contribution in [0.4, 0.5) is 32.2 Å². The number of fused-ring (bicyclic) bond motifs is 7. The van der Waals surface area contributed by atoms with Crippen LogP contribution in [0.1, 0.15) is 56.9 Å². The van der Waals surface area contributed by atoms with Gasteiger partial charge in [-0.2, -0.15) is 28.2 Å². The van der Waals surface area contributed by atoms with Crippen molar-refractivity contribution in [2.24, 2.45) is 18.9 Å². The van der Waals surface area contributed by atoms with Crippen molar-refractivity contribution >= 4 is 38.4 Å². The Morgan fingerprint density at radius 3 is 2.55 bits per heavy atom. The number of terminal acetylenes is 1. The Hall–Kier alpha value is -4.81. The SMILES string of the molecule is C#Cc1c(F)ccc2cc(O)cc(-c3c(F)c4nc(OC[C@@]56CCCN5C[C@H](F)C6)nc(N5[C@@H]6CC[C@H]5CN(CC5CCCC5C(F)(F)F)C6)c4c4cn(C)nc34)c12. The number of ether oxygens (including phenoxy) is 1. The smallest absolute Gasteiger partial charge is 0.392 e. The van der Waals surface area contributed by atoms with E-state index in [-0.39, 0.29) is 70.0 Å². The second-order valence-electron chi connectivity index (χ2n) is 17.2. The van der Waals surface area contributed by atoms with Crippen LogP contribution in [0.5, 0.6) is 11.8 Å². The maximum absolute atomic E-state index is 17.9. The number of aromatic nitrogens is 4. The molecule has 10 rings (SSSR count). The van der Waals surface area contributed by atoms with Gasteiger partial charge < -0.3 is 14.7 Å². The van der Waals surface area contributed by atoms with Crippen molar-refractivity contribution in [1.29, 1.82) is 0 Å². The molecule has 0 amide bonds. The first-order chi connectivity index (χ1) is 27.8. The Balaban J connectivity index is 1.13. The van der Waals surface area contributed by atoms with Gasteiger partial charge in [-0.3, -0.25) is 14.5 Å². The van der Waals surface area contributed by atoms with Crippen LogP contribution in [0.2, 0.25) is 0 Å². The van der Waals surface area contributed by atoms with Gasteiger partial charge in [-0.05, 0) is 80.1 Å². The van der Waals surface area contributed by atoms with E-state index in [4.69, 9.17) is 26.2 Å². The van der Waals surface area contributed by atoms with Crippen LogP contribution in [0.25, 0.3) is 43.7 Å². The van der Waals surface area contributed by atoms with Crippen molar-refractivity contribution in [3.63, 3.8) is 0 Å². The molecule has 2 bridgehead atoms. The molecule has 1 N–H and O–H groups in total. The van der Waals surface area contributed by atoms with E-state index >= 15 is 8.78 Å². The van der Waals surface area contributed by atoms with E-state index in [2.05, 4.69) is 20.6 Å². The summed E-state index contributed by atoms with van der Waals surface area (Å²) in [5.41, 5.74) is -0.406. The number of benzene rings is 3.